The number of non-ortho nitro benzene ring substituents is 1. The second-order valence-electron chi connectivity index (χ2n) is 5.07. The Kier molecular flexibility index (Phi) is 5.14. The molecule has 0 aliphatic carbocycles. The second-order valence-corrected chi connectivity index (χ2v) is 5.47. The topological polar surface area (TPSA) is 75.5 Å². The minimum absolute atomic E-state index is 0.110. The van der Waals surface area contributed by atoms with Gasteiger partial charge in [-0.1, -0.05) is 18.5 Å². The summed E-state index contributed by atoms with van der Waals surface area (Å²) >= 11 is 6.05. The molecule has 0 aromatic heterocycles. The second kappa shape index (κ2) is 6.87. The van der Waals surface area contributed by atoms with Crippen molar-refractivity contribution in [2.45, 2.75) is 25.8 Å². The van der Waals surface area contributed by atoms with Gasteiger partial charge in [0.25, 0.3) is 11.6 Å². The first kappa shape index (κ1) is 15.7. The molecular formula is C14H18ClN3O3. The Morgan fingerprint density at radius 2 is 2.33 bits per heavy atom. The SMILES string of the molecule is CCCN(C(=O)c1ccc([N+](=O)[O-])cc1Cl)C1CCNC1. The third kappa shape index (κ3) is 3.51. The van der Waals surface area contributed by atoms with E-state index in [1.54, 1.807) is 0 Å². The monoisotopic (exact) mass is 311 g/mol. The smallest absolute Gasteiger partial charge is 0.270 e. The molecule has 1 atom stereocenters. The Hall–Kier alpha value is -1.66. The zero-order chi connectivity index (χ0) is 15.4. The Balaban J connectivity index is 2.25. The molecule has 1 saturated heterocycles. The van der Waals surface area contributed by atoms with E-state index in [1.807, 2.05) is 11.8 Å². The fraction of sp³-hybridized carbons (Fsp3) is 0.500. The highest BCUT2D eigenvalue weighted by Gasteiger charge is 2.28. The van der Waals surface area contributed by atoms with E-state index >= 15 is 0 Å². The maximum atomic E-state index is 12.7. The molecule has 0 spiro atoms. The molecule has 7 heteroatoms. The molecule has 0 bridgehead atoms. The van der Waals surface area contributed by atoms with Crippen molar-refractivity contribution in [3.05, 3.63) is 38.9 Å². The number of nitro groups is 1. The van der Waals surface area contributed by atoms with Gasteiger partial charge in [-0.15, -0.1) is 0 Å². The number of rotatable bonds is 5. The fourth-order valence-corrected chi connectivity index (χ4v) is 2.80. The molecule has 114 valence electrons. The molecule has 1 aliphatic heterocycles. The lowest BCUT2D eigenvalue weighted by molar-refractivity contribution is -0.384. The van der Waals surface area contributed by atoms with Crippen molar-refractivity contribution >= 4 is 23.2 Å². The van der Waals surface area contributed by atoms with E-state index in [1.165, 1.54) is 18.2 Å². The van der Waals surface area contributed by atoms with Crippen LogP contribution in [0.1, 0.15) is 30.1 Å². The van der Waals surface area contributed by atoms with Gasteiger partial charge in [0.2, 0.25) is 0 Å². The number of nitrogens with zero attached hydrogens (tertiary/aromatic N) is 2. The molecule has 1 unspecified atom stereocenters. The Labute approximate surface area is 128 Å². The summed E-state index contributed by atoms with van der Waals surface area (Å²) in [6.45, 7) is 4.33. The molecule has 1 N–H and O–H groups in total. The Morgan fingerprint density at radius 1 is 1.57 bits per heavy atom. The molecule has 0 radical (unpaired) electrons. The number of hydrogen-bond acceptors (Lipinski definition) is 4. The lowest BCUT2D eigenvalue weighted by Gasteiger charge is -2.28. The molecule has 1 amide bonds. The summed E-state index contributed by atoms with van der Waals surface area (Å²) in [4.78, 5) is 24.7. The first-order valence-corrected chi connectivity index (χ1v) is 7.38. The number of halogens is 1. The van der Waals surface area contributed by atoms with Gasteiger partial charge in [-0.2, -0.15) is 0 Å². The van der Waals surface area contributed by atoms with Crippen LogP contribution in [-0.4, -0.2) is 41.4 Å². The minimum atomic E-state index is -0.523. The Bertz CT molecular complexity index is 544. The highest BCUT2D eigenvalue weighted by molar-refractivity contribution is 6.34. The van der Waals surface area contributed by atoms with Crippen LogP contribution in [0, 0.1) is 10.1 Å². The molecule has 1 heterocycles. The van der Waals surface area contributed by atoms with E-state index in [4.69, 9.17) is 11.6 Å². The molecule has 1 fully saturated rings. The van der Waals surface area contributed by atoms with Crippen molar-refractivity contribution in [1.82, 2.24) is 10.2 Å². The average molecular weight is 312 g/mol. The maximum Gasteiger partial charge on any atom is 0.270 e. The third-order valence-electron chi connectivity index (χ3n) is 3.59. The largest absolute Gasteiger partial charge is 0.334 e. The third-order valence-corrected chi connectivity index (χ3v) is 3.91. The van der Waals surface area contributed by atoms with Crippen LogP contribution in [0.5, 0.6) is 0 Å². The van der Waals surface area contributed by atoms with Gasteiger partial charge in [0.05, 0.1) is 15.5 Å². The van der Waals surface area contributed by atoms with Crippen molar-refractivity contribution in [3.8, 4) is 0 Å². The molecular weight excluding hydrogens is 294 g/mol. The number of carbonyl (C=O) groups is 1. The quantitative estimate of drug-likeness (QED) is 0.669. The Morgan fingerprint density at radius 3 is 2.86 bits per heavy atom. The summed E-state index contributed by atoms with van der Waals surface area (Å²) in [5.74, 6) is -0.162. The first-order chi connectivity index (χ1) is 10.0. The van der Waals surface area contributed by atoms with Crippen LogP contribution in [0.15, 0.2) is 18.2 Å². The van der Waals surface area contributed by atoms with Gasteiger partial charge in [0, 0.05) is 31.3 Å². The van der Waals surface area contributed by atoms with Crippen LogP contribution >= 0.6 is 11.6 Å². The number of hydrogen-bond donors (Lipinski definition) is 1. The van der Waals surface area contributed by atoms with E-state index in [0.717, 1.165) is 25.9 Å². The molecule has 0 saturated carbocycles. The van der Waals surface area contributed by atoms with E-state index in [0.29, 0.717) is 12.1 Å². The predicted molar refractivity (Wildman–Crippen MR) is 80.7 cm³/mol. The van der Waals surface area contributed by atoms with Crippen molar-refractivity contribution < 1.29 is 9.72 Å². The van der Waals surface area contributed by atoms with Crippen LogP contribution < -0.4 is 5.32 Å². The van der Waals surface area contributed by atoms with Crippen molar-refractivity contribution in [2.24, 2.45) is 0 Å². The zero-order valence-corrected chi connectivity index (χ0v) is 12.6. The summed E-state index contributed by atoms with van der Waals surface area (Å²) in [7, 11) is 0. The minimum Gasteiger partial charge on any atom is -0.334 e. The van der Waals surface area contributed by atoms with Gasteiger partial charge in [-0.3, -0.25) is 14.9 Å². The van der Waals surface area contributed by atoms with Gasteiger partial charge in [0.15, 0.2) is 0 Å². The summed E-state index contributed by atoms with van der Waals surface area (Å²) in [5.41, 5.74) is 0.212. The van der Waals surface area contributed by atoms with Crippen LogP contribution in [-0.2, 0) is 0 Å². The van der Waals surface area contributed by atoms with Crippen LogP contribution in [0.3, 0.4) is 0 Å². The van der Waals surface area contributed by atoms with Crippen LogP contribution in [0.4, 0.5) is 5.69 Å². The lowest BCUT2D eigenvalue weighted by atomic mass is 10.1. The summed E-state index contributed by atoms with van der Waals surface area (Å²) < 4.78 is 0. The summed E-state index contributed by atoms with van der Waals surface area (Å²) in [6, 6.07) is 4.14. The molecule has 21 heavy (non-hydrogen) atoms. The van der Waals surface area contributed by atoms with Gasteiger partial charge in [-0.25, -0.2) is 0 Å². The lowest BCUT2D eigenvalue weighted by Crippen LogP contribution is -2.42. The highest BCUT2D eigenvalue weighted by Crippen LogP contribution is 2.25. The van der Waals surface area contributed by atoms with E-state index in [-0.39, 0.29) is 22.7 Å². The highest BCUT2D eigenvalue weighted by atomic mass is 35.5. The van der Waals surface area contributed by atoms with Gasteiger partial charge < -0.3 is 10.2 Å². The van der Waals surface area contributed by atoms with Crippen molar-refractivity contribution in [2.75, 3.05) is 19.6 Å². The fourth-order valence-electron chi connectivity index (χ4n) is 2.54. The van der Waals surface area contributed by atoms with Crippen molar-refractivity contribution in [3.63, 3.8) is 0 Å². The van der Waals surface area contributed by atoms with E-state index in [2.05, 4.69) is 5.32 Å². The number of benzene rings is 1. The number of carbonyl (C=O) groups excluding carboxylic acids is 1. The summed E-state index contributed by atoms with van der Waals surface area (Å²) in [6.07, 6.45) is 1.77. The molecule has 1 aromatic rings. The number of nitro benzene ring substituents is 1. The number of amides is 1. The zero-order valence-electron chi connectivity index (χ0n) is 11.8. The normalized spacial score (nSPS) is 17.7. The van der Waals surface area contributed by atoms with Crippen molar-refractivity contribution in [1.29, 1.82) is 0 Å². The molecule has 1 aromatic carbocycles. The average Bonchev–Trinajstić information content (AvgIpc) is 2.97. The van der Waals surface area contributed by atoms with E-state index < -0.39 is 4.92 Å². The van der Waals surface area contributed by atoms with Crippen LogP contribution in [0.2, 0.25) is 5.02 Å². The summed E-state index contributed by atoms with van der Waals surface area (Å²) in [5, 5.41) is 14.1. The first-order valence-electron chi connectivity index (χ1n) is 7.00. The maximum absolute atomic E-state index is 12.7. The van der Waals surface area contributed by atoms with E-state index in [9.17, 15) is 14.9 Å². The number of nitrogens with one attached hydrogen (secondary N) is 1. The molecule has 1 aliphatic rings. The van der Waals surface area contributed by atoms with Gasteiger partial charge in [-0.05, 0) is 25.5 Å². The van der Waals surface area contributed by atoms with Gasteiger partial charge >= 0.3 is 0 Å². The predicted octanol–water partition coefficient (Wildman–Crippen LogP) is 2.46. The van der Waals surface area contributed by atoms with Gasteiger partial charge in [0.1, 0.15) is 0 Å². The molecule has 6 nitrogen and oxygen atoms in total. The van der Waals surface area contributed by atoms with Crippen LogP contribution in [0.25, 0.3) is 0 Å². The standard InChI is InChI=1S/C14H18ClN3O3/c1-2-7-17(11-5-6-16-9-11)14(19)12-4-3-10(18(20)21)8-13(12)15/h3-4,8,11,16H,2,5-7,9H2,1H3. The molecule has 2 rings (SSSR count).